The molecule has 0 aromatic heterocycles. The van der Waals surface area contributed by atoms with Crippen molar-refractivity contribution in [3.05, 3.63) is 28.7 Å². The number of carbonyl (C=O) groups is 1. The fourth-order valence-electron chi connectivity index (χ4n) is 0.760. The van der Waals surface area contributed by atoms with Crippen LogP contribution in [0.3, 0.4) is 0 Å². The van der Waals surface area contributed by atoms with Crippen molar-refractivity contribution >= 4 is 33.7 Å². The van der Waals surface area contributed by atoms with Crippen molar-refractivity contribution in [1.29, 1.82) is 0 Å². The molecule has 0 bridgehead atoms. The Morgan fingerprint density at radius 2 is 2.08 bits per heavy atom. The van der Waals surface area contributed by atoms with Gasteiger partial charge in [0.15, 0.2) is 0 Å². The lowest BCUT2D eigenvalue weighted by molar-refractivity contribution is -0.110. The van der Waals surface area contributed by atoms with Crippen LogP contribution in [0.15, 0.2) is 33.9 Å². The Bertz CT molecular complexity index is 321. The van der Waals surface area contributed by atoms with E-state index in [0.29, 0.717) is 5.69 Å². The van der Waals surface area contributed by atoms with Gasteiger partial charge in [0, 0.05) is 10.2 Å². The number of nitrogens with one attached hydrogen (secondary N) is 1. The third-order valence-corrected chi connectivity index (χ3v) is 1.82. The number of hydrogen-bond donors (Lipinski definition) is 2. The van der Waals surface area contributed by atoms with Crippen LogP contribution < -0.4 is 5.32 Å². The van der Waals surface area contributed by atoms with E-state index in [4.69, 9.17) is 5.21 Å². The molecule has 1 amide bonds. The van der Waals surface area contributed by atoms with Crippen molar-refractivity contribution in [2.45, 2.75) is 0 Å². The van der Waals surface area contributed by atoms with Gasteiger partial charge in [-0.25, -0.2) is 0 Å². The Hall–Kier alpha value is -1.36. The average molecular weight is 243 g/mol. The smallest absolute Gasteiger partial charge is 0.270 e. The minimum absolute atomic E-state index is 0.468. The Morgan fingerprint density at radius 3 is 2.62 bits per heavy atom. The first kappa shape index (κ1) is 9.73. The zero-order valence-electron chi connectivity index (χ0n) is 6.57. The molecule has 1 rings (SSSR count). The first-order valence-electron chi connectivity index (χ1n) is 3.46. The van der Waals surface area contributed by atoms with Gasteiger partial charge in [-0.3, -0.25) is 4.79 Å². The molecule has 0 saturated heterocycles. The number of rotatable bonds is 2. The highest BCUT2D eigenvalue weighted by molar-refractivity contribution is 9.10. The fraction of sp³-hybridized carbons (Fsp3) is 0. The summed E-state index contributed by atoms with van der Waals surface area (Å²) in [6, 6.07) is 7.05. The summed E-state index contributed by atoms with van der Waals surface area (Å²) in [6.45, 7) is 0. The molecule has 0 aliphatic heterocycles. The predicted molar refractivity (Wildman–Crippen MR) is 53.1 cm³/mol. The quantitative estimate of drug-likeness (QED) is 0.473. The number of nitrogens with zero attached hydrogens (tertiary/aromatic N) is 1. The molecule has 0 atom stereocenters. The van der Waals surface area contributed by atoms with Crippen LogP contribution in [0, 0.1) is 0 Å². The normalized spacial score (nSPS) is 10.2. The highest BCUT2D eigenvalue weighted by Crippen LogP contribution is 2.13. The topological polar surface area (TPSA) is 61.7 Å². The average Bonchev–Trinajstić information content (AvgIpc) is 2.09. The lowest BCUT2D eigenvalue weighted by Crippen LogP contribution is -2.12. The van der Waals surface area contributed by atoms with Crippen LogP contribution in [0.1, 0.15) is 0 Å². The van der Waals surface area contributed by atoms with Crippen LogP contribution >= 0.6 is 15.9 Å². The Balaban J connectivity index is 2.64. The fourth-order valence-corrected chi connectivity index (χ4v) is 1.02. The second-order valence-electron chi connectivity index (χ2n) is 2.24. The van der Waals surface area contributed by atoms with E-state index in [1.807, 2.05) is 0 Å². The van der Waals surface area contributed by atoms with E-state index < -0.39 is 5.91 Å². The molecule has 4 nitrogen and oxygen atoms in total. The van der Waals surface area contributed by atoms with Crippen LogP contribution in [-0.4, -0.2) is 17.3 Å². The summed E-state index contributed by atoms with van der Waals surface area (Å²) >= 11 is 3.26. The van der Waals surface area contributed by atoms with E-state index in [0.717, 1.165) is 10.7 Å². The number of amides is 1. The molecule has 68 valence electrons. The third-order valence-electron chi connectivity index (χ3n) is 1.29. The second kappa shape index (κ2) is 4.61. The van der Waals surface area contributed by atoms with Crippen LogP contribution in [0.5, 0.6) is 0 Å². The largest absolute Gasteiger partial charge is 0.411 e. The van der Waals surface area contributed by atoms with E-state index in [1.165, 1.54) is 0 Å². The molecule has 2 N–H and O–H groups in total. The summed E-state index contributed by atoms with van der Waals surface area (Å²) < 4.78 is 0.932. The molecular formula is C8H7BrN2O2. The standard InChI is InChI=1S/C8H7BrN2O2/c9-6-1-3-7(4-2-6)11-8(12)5-10-13/h1-5,13H,(H,11,12)/b10-5+. The lowest BCUT2D eigenvalue weighted by Gasteiger charge is -2.00. The van der Waals surface area contributed by atoms with Crippen LogP contribution in [-0.2, 0) is 4.79 Å². The van der Waals surface area contributed by atoms with E-state index >= 15 is 0 Å². The van der Waals surface area contributed by atoms with Gasteiger partial charge in [0.1, 0.15) is 6.21 Å². The Labute approximate surface area is 83.4 Å². The Kier molecular flexibility index (Phi) is 3.45. The maximum atomic E-state index is 10.9. The number of carbonyl (C=O) groups excluding carboxylic acids is 1. The van der Waals surface area contributed by atoms with Gasteiger partial charge in [-0.15, -0.1) is 0 Å². The van der Waals surface area contributed by atoms with Crippen molar-refractivity contribution in [1.82, 2.24) is 0 Å². The van der Waals surface area contributed by atoms with Gasteiger partial charge in [0.05, 0.1) is 0 Å². The van der Waals surface area contributed by atoms with E-state index in [1.54, 1.807) is 24.3 Å². The number of anilines is 1. The summed E-state index contributed by atoms with van der Waals surface area (Å²) in [5, 5.41) is 13.2. The molecule has 0 fully saturated rings. The molecule has 0 heterocycles. The maximum absolute atomic E-state index is 10.9. The van der Waals surface area contributed by atoms with E-state index in [-0.39, 0.29) is 0 Å². The van der Waals surface area contributed by atoms with Crippen molar-refractivity contribution in [2.75, 3.05) is 5.32 Å². The molecule has 5 heteroatoms. The molecule has 0 unspecified atom stereocenters. The zero-order valence-corrected chi connectivity index (χ0v) is 8.15. The van der Waals surface area contributed by atoms with Crippen molar-refractivity contribution in [3.63, 3.8) is 0 Å². The maximum Gasteiger partial charge on any atom is 0.270 e. The van der Waals surface area contributed by atoms with Gasteiger partial charge in [-0.1, -0.05) is 21.1 Å². The molecule has 0 saturated carbocycles. The second-order valence-corrected chi connectivity index (χ2v) is 3.16. The summed E-state index contributed by atoms with van der Waals surface area (Å²) in [7, 11) is 0. The van der Waals surface area contributed by atoms with E-state index in [2.05, 4.69) is 26.4 Å². The number of benzene rings is 1. The molecule has 1 aromatic rings. The minimum atomic E-state index is -0.468. The molecule has 0 radical (unpaired) electrons. The van der Waals surface area contributed by atoms with Gasteiger partial charge < -0.3 is 10.5 Å². The summed E-state index contributed by atoms with van der Waals surface area (Å²) in [6.07, 6.45) is 0.794. The van der Waals surface area contributed by atoms with Gasteiger partial charge >= 0.3 is 0 Å². The van der Waals surface area contributed by atoms with Crippen molar-refractivity contribution < 1.29 is 10.0 Å². The van der Waals surface area contributed by atoms with Gasteiger partial charge in [0.25, 0.3) is 5.91 Å². The minimum Gasteiger partial charge on any atom is -0.411 e. The number of hydrogen-bond acceptors (Lipinski definition) is 3. The van der Waals surface area contributed by atoms with Gasteiger partial charge in [0.2, 0.25) is 0 Å². The van der Waals surface area contributed by atoms with Gasteiger partial charge in [-0.05, 0) is 24.3 Å². The highest BCUT2D eigenvalue weighted by Gasteiger charge is 1.97. The molecule has 13 heavy (non-hydrogen) atoms. The lowest BCUT2D eigenvalue weighted by atomic mass is 10.3. The summed E-state index contributed by atoms with van der Waals surface area (Å²) in [5.41, 5.74) is 0.646. The van der Waals surface area contributed by atoms with Crippen LogP contribution in [0.2, 0.25) is 0 Å². The van der Waals surface area contributed by atoms with Crippen molar-refractivity contribution in [2.24, 2.45) is 5.16 Å². The SMILES string of the molecule is O=C(/C=N/O)Nc1ccc(Br)cc1. The highest BCUT2D eigenvalue weighted by atomic mass is 79.9. The van der Waals surface area contributed by atoms with E-state index in [9.17, 15) is 4.79 Å². The third kappa shape index (κ3) is 3.25. The predicted octanol–water partition coefficient (Wildman–Crippen LogP) is 1.85. The molecule has 0 spiro atoms. The molecule has 1 aromatic carbocycles. The summed E-state index contributed by atoms with van der Waals surface area (Å²) in [4.78, 5) is 10.9. The zero-order chi connectivity index (χ0) is 9.68. The number of halogens is 1. The Morgan fingerprint density at radius 1 is 1.46 bits per heavy atom. The van der Waals surface area contributed by atoms with Gasteiger partial charge in [-0.2, -0.15) is 0 Å². The molecule has 0 aliphatic rings. The first-order chi connectivity index (χ1) is 6.22. The van der Waals surface area contributed by atoms with Crippen LogP contribution in [0.4, 0.5) is 5.69 Å². The molecular weight excluding hydrogens is 236 g/mol. The number of oxime groups is 1. The van der Waals surface area contributed by atoms with Crippen LogP contribution in [0.25, 0.3) is 0 Å². The van der Waals surface area contributed by atoms with Crippen molar-refractivity contribution in [3.8, 4) is 0 Å². The first-order valence-corrected chi connectivity index (χ1v) is 4.25. The molecule has 0 aliphatic carbocycles. The summed E-state index contributed by atoms with van der Waals surface area (Å²) in [5.74, 6) is -0.468. The monoisotopic (exact) mass is 242 g/mol.